The molecule has 3 rings (SSSR count). The lowest BCUT2D eigenvalue weighted by molar-refractivity contribution is -0.125. The van der Waals surface area contributed by atoms with Crippen LogP contribution in [0.3, 0.4) is 0 Å². The van der Waals surface area contributed by atoms with Gasteiger partial charge in [0.05, 0.1) is 5.56 Å². The van der Waals surface area contributed by atoms with E-state index < -0.39 is 11.6 Å². The number of benzene rings is 1. The highest BCUT2D eigenvalue weighted by atomic mass is 127. The molecule has 0 aromatic heterocycles. The third-order valence-electron chi connectivity index (χ3n) is 4.42. The summed E-state index contributed by atoms with van der Waals surface area (Å²) in [6, 6.07) is 6.89. The molecule has 1 spiro atoms. The molecule has 116 valence electrons. The third-order valence-corrected chi connectivity index (χ3v) is 5.36. The van der Waals surface area contributed by atoms with E-state index in [1.54, 1.807) is 6.07 Å². The van der Waals surface area contributed by atoms with Gasteiger partial charge in [-0.1, -0.05) is 18.6 Å². The van der Waals surface area contributed by atoms with Gasteiger partial charge in [0.15, 0.2) is 0 Å². The second kappa shape index (κ2) is 5.86. The molecule has 7 heteroatoms. The first kappa shape index (κ1) is 15.3. The molecule has 1 aliphatic heterocycles. The van der Waals surface area contributed by atoms with Crippen molar-refractivity contribution in [2.24, 2.45) is 5.92 Å². The van der Waals surface area contributed by atoms with E-state index in [1.807, 2.05) is 18.2 Å². The summed E-state index contributed by atoms with van der Waals surface area (Å²) in [5.41, 5.74) is -0.233. The lowest BCUT2D eigenvalue weighted by atomic mass is 9.87. The summed E-state index contributed by atoms with van der Waals surface area (Å²) in [7, 11) is 0. The minimum absolute atomic E-state index is 0.0794. The quantitative estimate of drug-likeness (QED) is 0.517. The molecule has 0 bridgehead atoms. The number of imide groups is 1. The second-order valence-electron chi connectivity index (χ2n) is 5.66. The molecule has 1 saturated heterocycles. The fourth-order valence-electron chi connectivity index (χ4n) is 3.28. The summed E-state index contributed by atoms with van der Waals surface area (Å²) in [6.45, 7) is 0.373. The molecule has 1 aromatic rings. The second-order valence-corrected chi connectivity index (χ2v) is 6.82. The summed E-state index contributed by atoms with van der Waals surface area (Å²) in [5, 5.41) is 7.95. The maximum atomic E-state index is 12.3. The first-order valence-electron chi connectivity index (χ1n) is 7.19. The molecule has 0 radical (unpaired) electrons. The molecular formula is C15H16IN3O3. The van der Waals surface area contributed by atoms with E-state index in [0.717, 1.165) is 16.4 Å². The van der Waals surface area contributed by atoms with Crippen LogP contribution in [0.1, 0.15) is 29.6 Å². The Morgan fingerprint density at radius 1 is 1.36 bits per heavy atom. The lowest BCUT2D eigenvalue weighted by Gasteiger charge is -2.28. The number of hydrogen-bond donors (Lipinski definition) is 3. The Morgan fingerprint density at radius 2 is 2.14 bits per heavy atom. The van der Waals surface area contributed by atoms with Crippen LogP contribution in [0.25, 0.3) is 0 Å². The van der Waals surface area contributed by atoms with E-state index in [9.17, 15) is 14.4 Å². The smallest absolute Gasteiger partial charge is 0.322 e. The SMILES string of the molecule is O=C1NC(=O)[C@]2(CCC[C@H]2CNC(=O)c2ccccc2I)N1. The number of carbonyl (C=O) groups excluding carboxylic acids is 3. The van der Waals surface area contributed by atoms with Crippen LogP contribution >= 0.6 is 22.6 Å². The Bertz CT molecular complexity index is 649. The van der Waals surface area contributed by atoms with Crippen LogP contribution < -0.4 is 16.0 Å². The third kappa shape index (κ3) is 2.57. The van der Waals surface area contributed by atoms with Crippen molar-refractivity contribution < 1.29 is 14.4 Å². The topological polar surface area (TPSA) is 87.3 Å². The normalized spacial score (nSPS) is 26.9. The number of amides is 4. The molecule has 1 aliphatic carbocycles. The van der Waals surface area contributed by atoms with Gasteiger partial charge in [-0.05, 0) is 47.6 Å². The van der Waals surface area contributed by atoms with Crippen LogP contribution in [0, 0.1) is 9.49 Å². The van der Waals surface area contributed by atoms with Crippen molar-refractivity contribution in [1.29, 1.82) is 0 Å². The molecule has 6 nitrogen and oxygen atoms in total. The van der Waals surface area contributed by atoms with Gasteiger partial charge in [-0.15, -0.1) is 0 Å². The first-order valence-corrected chi connectivity index (χ1v) is 8.27. The van der Waals surface area contributed by atoms with Gasteiger partial charge in [0, 0.05) is 16.0 Å². The molecule has 22 heavy (non-hydrogen) atoms. The van der Waals surface area contributed by atoms with Crippen LogP contribution in [0.5, 0.6) is 0 Å². The fourth-order valence-corrected chi connectivity index (χ4v) is 3.91. The molecule has 3 N–H and O–H groups in total. The standard InChI is InChI=1S/C15H16IN3O3/c16-11-6-2-1-5-10(11)12(20)17-8-9-4-3-7-15(9)13(21)18-14(22)19-15/h1-2,5-6,9H,3-4,7-8H2,(H,17,20)(H2,18,19,21,22)/t9-,15+/m0/s1. The van der Waals surface area contributed by atoms with Crippen molar-refractivity contribution in [2.45, 2.75) is 24.8 Å². The Morgan fingerprint density at radius 3 is 2.82 bits per heavy atom. The van der Waals surface area contributed by atoms with Gasteiger partial charge in [-0.2, -0.15) is 0 Å². The molecule has 1 saturated carbocycles. The van der Waals surface area contributed by atoms with E-state index in [0.29, 0.717) is 18.5 Å². The maximum absolute atomic E-state index is 12.3. The van der Waals surface area contributed by atoms with Crippen LogP contribution in [-0.2, 0) is 4.79 Å². The molecule has 1 aromatic carbocycles. The molecule has 1 heterocycles. The minimum atomic E-state index is -0.853. The van der Waals surface area contributed by atoms with Gasteiger partial charge in [-0.25, -0.2) is 4.79 Å². The van der Waals surface area contributed by atoms with Crippen molar-refractivity contribution in [1.82, 2.24) is 16.0 Å². The van der Waals surface area contributed by atoms with Crippen molar-refractivity contribution in [3.05, 3.63) is 33.4 Å². The Hall–Kier alpha value is -1.64. The summed E-state index contributed by atoms with van der Waals surface area (Å²) >= 11 is 2.12. The molecule has 2 fully saturated rings. The van der Waals surface area contributed by atoms with E-state index >= 15 is 0 Å². The molecule has 2 atom stereocenters. The van der Waals surface area contributed by atoms with Gasteiger partial charge in [0.1, 0.15) is 5.54 Å². The Kier molecular flexibility index (Phi) is 4.07. The van der Waals surface area contributed by atoms with Crippen LogP contribution in [-0.4, -0.2) is 29.9 Å². The van der Waals surface area contributed by atoms with Crippen molar-refractivity contribution in [2.75, 3.05) is 6.54 Å². The average molecular weight is 413 g/mol. The average Bonchev–Trinajstić information content (AvgIpc) is 3.01. The summed E-state index contributed by atoms with van der Waals surface area (Å²) in [6.07, 6.45) is 2.28. The van der Waals surface area contributed by atoms with Gasteiger partial charge in [0.25, 0.3) is 11.8 Å². The van der Waals surface area contributed by atoms with E-state index in [2.05, 4.69) is 38.5 Å². The summed E-state index contributed by atoms with van der Waals surface area (Å²) in [4.78, 5) is 35.8. The largest absolute Gasteiger partial charge is 0.352 e. The van der Waals surface area contributed by atoms with Crippen molar-refractivity contribution in [3.63, 3.8) is 0 Å². The zero-order valence-corrected chi connectivity index (χ0v) is 14.0. The number of urea groups is 1. The fraction of sp³-hybridized carbons (Fsp3) is 0.400. The van der Waals surface area contributed by atoms with Gasteiger partial charge >= 0.3 is 6.03 Å². The summed E-state index contributed by atoms with van der Waals surface area (Å²) < 4.78 is 0.880. The zero-order chi connectivity index (χ0) is 15.7. The highest BCUT2D eigenvalue weighted by Gasteiger charge is 2.54. The molecule has 2 aliphatic rings. The number of nitrogens with one attached hydrogen (secondary N) is 3. The van der Waals surface area contributed by atoms with Crippen molar-refractivity contribution in [3.8, 4) is 0 Å². The van der Waals surface area contributed by atoms with Gasteiger partial charge in [0.2, 0.25) is 0 Å². The Labute approximate surface area is 141 Å². The number of hydrogen-bond acceptors (Lipinski definition) is 3. The number of halogens is 1. The van der Waals surface area contributed by atoms with Gasteiger partial charge < -0.3 is 10.6 Å². The van der Waals surface area contributed by atoms with Crippen LogP contribution in [0.15, 0.2) is 24.3 Å². The van der Waals surface area contributed by atoms with E-state index in [1.165, 1.54) is 0 Å². The molecule has 0 unspecified atom stereocenters. The highest BCUT2D eigenvalue weighted by Crippen LogP contribution is 2.37. The minimum Gasteiger partial charge on any atom is -0.352 e. The molecular weight excluding hydrogens is 397 g/mol. The predicted octanol–water partition coefficient (Wildman–Crippen LogP) is 1.40. The van der Waals surface area contributed by atoms with Crippen LogP contribution in [0.4, 0.5) is 4.79 Å². The predicted molar refractivity (Wildman–Crippen MR) is 88.2 cm³/mol. The number of rotatable bonds is 3. The highest BCUT2D eigenvalue weighted by molar-refractivity contribution is 14.1. The maximum Gasteiger partial charge on any atom is 0.322 e. The van der Waals surface area contributed by atoms with Crippen LogP contribution in [0.2, 0.25) is 0 Å². The van der Waals surface area contributed by atoms with E-state index in [4.69, 9.17) is 0 Å². The van der Waals surface area contributed by atoms with Crippen molar-refractivity contribution >= 4 is 40.4 Å². The lowest BCUT2D eigenvalue weighted by Crippen LogP contribution is -2.53. The summed E-state index contributed by atoms with van der Waals surface area (Å²) in [5.74, 6) is -0.510. The number of carbonyl (C=O) groups is 3. The molecule has 4 amide bonds. The monoisotopic (exact) mass is 413 g/mol. The first-order chi connectivity index (χ1) is 10.5. The zero-order valence-electron chi connectivity index (χ0n) is 11.8. The van der Waals surface area contributed by atoms with Gasteiger partial charge in [-0.3, -0.25) is 14.9 Å². The Balaban J connectivity index is 1.69. The van der Waals surface area contributed by atoms with E-state index in [-0.39, 0.29) is 17.7 Å².